The third-order valence-corrected chi connectivity index (χ3v) is 3.90. The highest BCUT2D eigenvalue weighted by Gasteiger charge is 2.14. The minimum Gasteiger partial charge on any atom is -0.324 e. The van der Waals surface area contributed by atoms with Gasteiger partial charge >= 0.3 is 0 Å². The Kier molecular flexibility index (Phi) is 6.87. The van der Waals surface area contributed by atoms with Gasteiger partial charge in [-0.05, 0) is 36.1 Å². The van der Waals surface area contributed by atoms with Gasteiger partial charge in [-0.15, -0.1) is 0 Å². The van der Waals surface area contributed by atoms with Crippen molar-refractivity contribution >= 4 is 15.9 Å². The number of rotatable bonds is 7. The molecular weight excluding hydrogens is 293 g/mol. The van der Waals surface area contributed by atoms with E-state index in [0.717, 1.165) is 22.9 Å². The van der Waals surface area contributed by atoms with E-state index >= 15 is 0 Å². The predicted molar refractivity (Wildman–Crippen MR) is 79.0 cm³/mol. The van der Waals surface area contributed by atoms with Gasteiger partial charge in [0.1, 0.15) is 5.82 Å². The minimum atomic E-state index is -0.226. The lowest BCUT2D eigenvalue weighted by Crippen LogP contribution is -2.15. The Hall–Kier alpha value is -0.410. The summed E-state index contributed by atoms with van der Waals surface area (Å²) in [6, 6.07) is 4.85. The van der Waals surface area contributed by atoms with Crippen molar-refractivity contribution in [2.24, 2.45) is 11.7 Å². The Balaban J connectivity index is 2.65. The molecule has 0 bridgehead atoms. The van der Waals surface area contributed by atoms with Crippen LogP contribution in [0.25, 0.3) is 0 Å². The molecule has 0 aliphatic carbocycles. The summed E-state index contributed by atoms with van der Waals surface area (Å²) in [7, 11) is 0. The molecule has 18 heavy (non-hydrogen) atoms. The normalized spacial score (nSPS) is 14.5. The average Bonchev–Trinajstić information content (AvgIpc) is 2.32. The zero-order chi connectivity index (χ0) is 13.5. The van der Waals surface area contributed by atoms with E-state index in [0.29, 0.717) is 5.92 Å². The van der Waals surface area contributed by atoms with Gasteiger partial charge in [-0.1, -0.05) is 55.5 Å². The van der Waals surface area contributed by atoms with Crippen molar-refractivity contribution in [3.63, 3.8) is 0 Å². The molecule has 1 nitrogen and oxygen atoms in total. The predicted octanol–water partition coefficient (Wildman–Crippen LogP) is 5.19. The lowest BCUT2D eigenvalue weighted by molar-refractivity contribution is 0.388. The molecule has 1 rings (SSSR count). The van der Waals surface area contributed by atoms with Gasteiger partial charge in [0.2, 0.25) is 0 Å². The van der Waals surface area contributed by atoms with E-state index in [1.807, 2.05) is 6.07 Å². The van der Waals surface area contributed by atoms with Crippen molar-refractivity contribution in [1.82, 2.24) is 0 Å². The highest BCUT2D eigenvalue weighted by atomic mass is 79.9. The van der Waals surface area contributed by atoms with Crippen LogP contribution in [0.4, 0.5) is 4.39 Å². The van der Waals surface area contributed by atoms with Crippen molar-refractivity contribution in [1.29, 1.82) is 0 Å². The summed E-state index contributed by atoms with van der Waals surface area (Å²) in [6.45, 7) is 4.41. The fourth-order valence-electron chi connectivity index (χ4n) is 2.27. The van der Waals surface area contributed by atoms with E-state index in [1.165, 1.54) is 25.3 Å². The summed E-state index contributed by atoms with van der Waals surface area (Å²) >= 11 is 3.31. The first kappa shape index (κ1) is 15.6. The second kappa shape index (κ2) is 7.90. The van der Waals surface area contributed by atoms with Crippen LogP contribution in [-0.4, -0.2) is 0 Å². The Morgan fingerprint density at radius 3 is 2.56 bits per heavy atom. The summed E-state index contributed by atoms with van der Waals surface area (Å²) in [5, 5.41) is 0. The molecule has 1 aromatic rings. The fourth-order valence-corrected chi connectivity index (χ4v) is 2.75. The molecule has 0 amide bonds. The van der Waals surface area contributed by atoms with Crippen LogP contribution >= 0.6 is 15.9 Å². The zero-order valence-corrected chi connectivity index (χ0v) is 12.8. The third kappa shape index (κ3) is 5.07. The highest BCUT2D eigenvalue weighted by Crippen LogP contribution is 2.27. The molecule has 3 heteroatoms. The molecule has 1 aromatic carbocycles. The van der Waals surface area contributed by atoms with Crippen LogP contribution in [0, 0.1) is 11.7 Å². The Bertz CT molecular complexity index is 347. The number of hydrogen-bond acceptors (Lipinski definition) is 1. The second-order valence-corrected chi connectivity index (χ2v) is 5.88. The van der Waals surface area contributed by atoms with Crippen molar-refractivity contribution in [2.45, 2.75) is 52.0 Å². The van der Waals surface area contributed by atoms with Crippen molar-refractivity contribution in [3.05, 3.63) is 34.1 Å². The number of hydrogen-bond donors (Lipinski definition) is 1. The molecule has 0 saturated heterocycles. The lowest BCUT2D eigenvalue weighted by atomic mass is 9.89. The molecule has 0 saturated carbocycles. The summed E-state index contributed by atoms with van der Waals surface area (Å²) in [4.78, 5) is 0. The Labute approximate surface area is 118 Å². The molecule has 102 valence electrons. The summed E-state index contributed by atoms with van der Waals surface area (Å²) < 4.78 is 14.1. The van der Waals surface area contributed by atoms with Gasteiger partial charge in [0.05, 0.1) is 0 Å². The van der Waals surface area contributed by atoms with E-state index in [9.17, 15) is 4.39 Å². The molecule has 2 N–H and O–H groups in total. The number of nitrogens with two attached hydrogens (primary N) is 1. The summed E-state index contributed by atoms with van der Waals surface area (Å²) in [5.41, 5.74) is 7.08. The number of benzene rings is 1. The van der Waals surface area contributed by atoms with Crippen LogP contribution < -0.4 is 5.73 Å². The van der Waals surface area contributed by atoms with Crippen LogP contribution in [-0.2, 0) is 0 Å². The molecule has 2 atom stereocenters. The minimum absolute atomic E-state index is 0.0705. The number of halogens is 2. The van der Waals surface area contributed by atoms with Crippen molar-refractivity contribution in [3.8, 4) is 0 Å². The van der Waals surface area contributed by atoms with E-state index in [2.05, 4.69) is 29.8 Å². The fraction of sp³-hybridized carbons (Fsp3) is 0.600. The molecule has 0 radical (unpaired) electrons. The lowest BCUT2D eigenvalue weighted by Gasteiger charge is -2.20. The van der Waals surface area contributed by atoms with Gasteiger partial charge in [0, 0.05) is 10.5 Å². The molecule has 2 unspecified atom stereocenters. The zero-order valence-electron chi connectivity index (χ0n) is 11.3. The van der Waals surface area contributed by atoms with E-state index in [4.69, 9.17) is 5.73 Å². The summed E-state index contributed by atoms with van der Waals surface area (Å²) in [5.74, 6) is 0.415. The van der Waals surface area contributed by atoms with Gasteiger partial charge in [-0.3, -0.25) is 0 Å². The van der Waals surface area contributed by atoms with Crippen LogP contribution in [0.15, 0.2) is 22.7 Å². The molecule has 0 aromatic heterocycles. The quantitative estimate of drug-likeness (QED) is 0.735. The first-order valence-electron chi connectivity index (χ1n) is 6.78. The maximum Gasteiger partial charge on any atom is 0.124 e. The Morgan fingerprint density at radius 1 is 1.28 bits per heavy atom. The molecule has 0 spiro atoms. The molecule has 0 heterocycles. The van der Waals surface area contributed by atoms with Gasteiger partial charge in [0.15, 0.2) is 0 Å². The third-order valence-electron chi connectivity index (χ3n) is 3.44. The highest BCUT2D eigenvalue weighted by molar-refractivity contribution is 9.10. The largest absolute Gasteiger partial charge is 0.324 e. The van der Waals surface area contributed by atoms with Crippen molar-refractivity contribution in [2.75, 3.05) is 0 Å². The van der Waals surface area contributed by atoms with Gasteiger partial charge < -0.3 is 5.73 Å². The Morgan fingerprint density at radius 2 is 2.00 bits per heavy atom. The number of unbranched alkanes of at least 4 members (excludes halogenated alkanes) is 1. The van der Waals surface area contributed by atoms with Gasteiger partial charge in [0.25, 0.3) is 0 Å². The van der Waals surface area contributed by atoms with Crippen LogP contribution in [0.1, 0.15) is 57.6 Å². The van der Waals surface area contributed by atoms with E-state index in [1.54, 1.807) is 6.07 Å². The van der Waals surface area contributed by atoms with Crippen molar-refractivity contribution < 1.29 is 4.39 Å². The summed E-state index contributed by atoms with van der Waals surface area (Å²) in [6.07, 6.45) is 5.77. The van der Waals surface area contributed by atoms with Gasteiger partial charge in [-0.25, -0.2) is 4.39 Å². The van der Waals surface area contributed by atoms with E-state index in [-0.39, 0.29) is 11.9 Å². The van der Waals surface area contributed by atoms with Crippen LogP contribution in [0.2, 0.25) is 0 Å². The van der Waals surface area contributed by atoms with Crippen LogP contribution in [0.3, 0.4) is 0 Å². The van der Waals surface area contributed by atoms with E-state index < -0.39 is 0 Å². The molecular formula is C15H23BrFN. The molecule has 0 fully saturated rings. The SMILES string of the molecule is CCCCC(CC)CC(N)c1cc(F)cc(Br)c1. The molecule has 0 aliphatic rings. The second-order valence-electron chi connectivity index (χ2n) is 4.96. The first-order chi connectivity index (χ1) is 8.56. The maximum absolute atomic E-state index is 13.3. The standard InChI is InChI=1S/C15H23BrFN/c1-3-5-6-11(4-2)7-15(18)12-8-13(16)10-14(17)9-12/h8-11,15H,3-7,18H2,1-2H3. The maximum atomic E-state index is 13.3. The average molecular weight is 316 g/mol. The smallest absolute Gasteiger partial charge is 0.124 e. The molecule has 0 aliphatic heterocycles. The van der Waals surface area contributed by atoms with Gasteiger partial charge in [-0.2, -0.15) is 0 Å². The monoisotopic (exact) mass is 315 g/mol. The topological polar surface area (TPSA) is 26.0 Å². The first-order valence-corrected chi connectivity index (χ1v) is 7.57. The van der Waals surface area contributed by atoms with Crippen LogP contribution in [0.5, 0.6) is 0 Å².